The fourth-order valence-electron chi connectivity index (χ4n) is 2.32. The van der Waals surface area contributed by atoms with E-state index in [1.807, 2.05) is 18.2 Å². The Kier molecular flexibility index (Phi) is 9.03. The molecule has 1 aliphatic heterocycles. The average molecular weight is 380 g/mol. The van der Waals surface area contributed by atoms with Crippen LogP contribution in [0.3, 0.4) is 0 Å². The largest absolute Gasteiger partial charge is 0.380 e. The summed E-state index contributed by atoms with van der Waals surface area (Å²) in [5, 5.41) is 6.39. The van der Waals surface area contributed by atoms with Crippen LogP contribution in [0.1, 0.15) is 5.69 Å². The molecule has 2 heterocycles. The van der Waals surface area contributed by atoms with Crippen LogP contribution in [0.2, 0.25) is 5.02 Å². The molecule has 0 saturated carbocycles. The second kappa shape index (κ2) is 11.6. The molecule has 0 spiro atoms. The minimum Gasteiger partial charge on any atom is -0.380 e. The molecule has 0 aliphatic carbocycles. The first kappa shape index (κ1) is 20.3. The van der Waals surface area contributed by atoms with Crippen LogP contribution in [0.15, 0.2) is 48.7 Å². The van der Waals surface area contributed by atoms with E-state index in [-0.39, 0.29) is 16.7 Å². The van der Waals surface area contributed by atoms with E-state index in [2.05, 4.69) is 15.6 Å². The minimum absolute atomic E-state index is 0.0120. The van der Waals surface area contributed by atoms with Gasteiger partial charge in [-0.25, -0.2) is 4.39 Å². The number of ether oxygens (including phenoxy) is 1. The van der Waals surface area contributed by atoms with Gasteiger partial charge in [0.25, 0.3) is 0 Å². The van der Waals surface area contributed by atoms with Gasteiger partial charge in [-0.1, -0.05) is 29.8 Å². The maximum absolute atomic E-state index is 12.2. The third-order valence-corrected chi connectivity index (χ3v) is 4.00. The summed E-state index contributed by atoms with van der Waals surface area (Å²) in [4.78, 5) is 15.9. The van der Waals surface area contributed by atoms with E-state index in [1.54, 1.807) is 18.3 Å². The number of halogens is 2. The van der Waals surface area contributed by atoms with Gasteiger partial charge in [-0.05, 0) is 24.3 Å². The van der Waals surface area contributed by atoms with Crippen molar-refractivity contribution in [2.24, 2.45) is 5.92 Å². The zero-order valence-corrected chi connectivity index (χ0v) is 15.2. The second-order valence-electron chi connectivity index (χ2n) is 5.86. The summed E-state index contributed by atoms with van der Waals surface area (Å²) in [6.45, 7) is 3.89. The third-order valence-electron chi connectivity index (χ3n) is 3.69. The highest BCUT2D eigenvalue weighted by molar-refractivity contribution is 6.30. The van der Waals surface area contributed by atoms with Crippen molar-refractivity contribution in [3.8, 4) is 0 Å². The number of nitrogens with zero attached hydrogens (tertiary/aromatic N) is 1. The highest BCUT2D eigenvalue weighted by atomic mass is 35.5. The number of benzene rings is 1. The van der Waals surface area contributed by atoms with Crippen molar-refractivity contribution in [1.82, 2.24) is 15.6 Å². The Morgan fingerprint density at radius 3 is 2.81 bits per heavy atom. The Bertz CT molecular complexity index is 644. The number of nitrogens with one attached hydrogen (secondary N) is 2. The molecule has 1 fully saturated rings. The van der Waals surface area contributed by atoms with Crippen LogP contribution < -0.4 is 10.6 Å². The Hall–Kier alpha value is -2.02. The molecular formula is C19H23ClFN3O2. The lowest BCUT2D eigenvalue weighted by Gasteiger charge is -2.14. The molecule has 1 unspecified atom stereocenters. The number of rotatable bonds is 4. The summed E-state index contributed by atoms with van der Waals surface area (Å²) in [6, 6.07) is 11.7. The van der Waals surface area contributed by atoms with E-state index in [9.17, 15) is 9.18 Å². The van der Waals surface area contributed by atoms with Crippen LogP contribution in [-0.4, -0.2) is 43.7 Å². The van der Waals surface area contributed by atoms with Crippen molar-refractivity contribution in [3.63, 3.8) is 0 Å². The van der Waals surface area contributed by atoms with E-state index in [0.29, 0.717) is 25.5 Å². The summed E-state index contributed by atoms with van der Waals surface area (Å²) >= 11 is 5.33. The second-order valence-corrected chi connectivity index (χ2v) is 6.27. The van der Waals surface area contributed by atoms with E-state index in [4.69, 9.17) is 16.3 Å². The van der Waals surface area contributed by atoms with Crippen LogP contribution in [0.4, 0.5) is 4.39 Å². The Balaban J connectivity index is 0.000000254. The smallest absolute Gasteiger partial charge is 0.226 e. The molecule has 1 atom stereocenters. The fourth-order valence-corrected chi connectivity index (χ4v) is 2.45. The Labute approximate surface area is 157 Å². The zero-order chi connectivity index (χ0) is 18.6. The fraction of sp³-hybridized carbons (Fsp3) is 0.368. The topological polar surface area (TPSA) is 63.2 Å². The number of amides is 1. The molecule has 0 bridgehead atoms. The van der Waals surface area contributed by atoms with Gasteiger partial charge in [0, 0.05) is 37.4 Å². The molecule has 7 heteroatoms. The lowest BCUT2D eigenvalue weighted by Crippen LogP contribution is -2.35. The molecule has 3 rings (SSSR count). The Morgan fingerprint density at radius 2 is 2.12 bits per heavy atom. The SMILES string of the molecule is Fc1ccccc1Cl.O=C(Cc1ccccn1)NCC1CNCCOC1. The molecule has 140 valence electrons. The predicted octanol–water partition coefficient (Wildman–Crippen LogP) is 2.46. The van der Waals surface area contributed by atoms with E-state index >= 15 is 0 Å². The maximum Gasteiger partial charge on any atom is 0.226 e. The molecule has 5 nitrogen and oxygen atoms in total. The van der Waals surface area contributed by atoms with Crippen LogP contribution in [0, 0.1) is 11.7 Å². The van der Waals surface area contributed by atoms with Gasteiger partial charge in [0.1, 0.15) is 5.82 Å². The molecule has 1 aromatic heterocycles. The predicted molar refractivity (Wildman–Crippen MR) is 99.5 cm³/mol. The van der Waals surface area contributed by atoms with E-state index in [1.165, 1.54) is 12.1 Å². The highest BCUT2D eigenvalue weighted by Crippen LogP contribution is 2.11. The van der Waals surface area contributed by atoms with E-state index < -0.39 is 0 Å². The van der Waals surface area contributed by atoms with Gasteiger partial charge in [-0.3, -0.25) is 9.78 Å². The lowest BCUT2D eigenvalue weighted by atomic mass is 10.1. The first-order chi connectivity index (χ1) is 12.6. The van der Waals surface area contributed by atoms with Crippen molar-refractivity contribution in [1.29, 1.82) is 0 Å². The van der Waals surface area contributed by atoms with Crippen molar-refractivity contribution < 1.29 is 13.9 Å². The number of carbonyl (C=O) groups is 1. The van der Waals surface area contributed by atoms with Gasteiger partial charge >= 0.3 is 0 Å². The summed E-state index contributed by atoms with van der Waals surface area (Å²) in [7, 11) is 0. The molecular weight excluding hydrogens is 357 g/mol. The molecule has 0 radical (unpaired) electrons. The quantitative estimate of drug-likeness (QED) is 0.856. The number of aromatic nitrogens is 1. The van der Waals surface area contributed by atoms with Crippen LogP contribution in [0.25, 0.3) is 0 Å². The highest BCUT2D eigenvalue weighted by Gasteiger charge is 2.13. The number of pyridine rings is 1. The Morgan fingerprint density at radius 1 is 1.31 bits per heavy atom. The van der Waals surface area contributed by atoms with Gasteiger partial charge in [0.05, 0.1) is 24.7 Å². The summed E-state index contributed by atoms with van der Waals surface area (Å²) in [5.41, 5.74) is 0.797. The van der Waals surface area contributed by atoms with Gasteiger partial charge in [-0.15, -0.1) is 0 Å². The maximum atomic E-state index is 12.2. The average Bonchev–Trinajstić information content (AvgIpc) is 2.93. The lowest BCUT2D eigenvalue weighted by molar-refractivity contribution is -0.120. The minimum atomic E-state index is -0.367. The van der Waals surface area contributed by atoms with Gasteiger partial charge in [-0.2, -0.15) is 0 Å². The van der Waals surface area contributed by atoms with Gasteiger partial charge < -0.3 is 15.4 Å². The van der Waals surface area contributed by atoms with Gasteiger partial charge in [0.2, 0.25) is 5.91 Å². The van der Waals surface area contributed by atoms with Crippen molar-refractivity contribution in [3.05, 3.63) is 65.2 Å². The van der Waals surface area contributed by atoms with Crippen LogP contribution in [0.5, 0.6) is 0 Å². The third kappa shape index (κ3) is 7.91. The summed E-state index contributed by atoms with van der Waals surface area (Å²) in [5.74, 6) is -0.00713. The number of hydrogen-bond donors (Lipinski definition) is 2. The zero-order valence-electron chi connectivity index (χ0n) is 14.5. The molecule has 26 heavy (non-hydrogen) atoms. The first-order valence-corrected chi connectivity index (χ1v) is 8.88. The molecule has 1 aliphatic rings. The standard InChI is InChI=1S/C13H19N3O2.C6H4ClF/c17-13(7-12-3-1-2-4-15-12)16-9-11-8-14-5-6-18-10-11;7-5-3-1-2-4-6(5)8/h1-4,11,14H,5-10H2,(H,16,17);1-4H. The normalized spacial score (nSPS) is 16.8. The summed E-state index contributed by atoms with van der Waals surface area (Å²) in [6.07, 6.45) is 2.04. The van der Waals surface area contributed by atoms with Crippen molar-refractivity contribution in [2.45, 2.75) is 6.42 Å². The monoisotopic (exact) mass is 379 g/mol. The molecule has 1 aromatic carbocycles. The van der Waals surface area contributed by atoms with E-state index in [0.717, 1.165) is 25.4 Å². The molecule has 2 aromatic rings. The molecule has 2 N–H and O–H groups in total. The van der Waals surface area contributed by atoms with Gasteiger partial charge in [0.15, 0.2) is 0 Å². The van der Waals surface area contributed by atoms with Crippen molar-refractivity contribution in [2.75, 3.05) is 32.8 Å². The van der Waals surface area contributed by atoms with Crippen LogP contribution in [-0.2, 0) is 16.0 Å². The van der Waals surface area contributed by atoms with Crippen LogP contribution >= 0.6 is 11.6 Å². The molecule has 1 amide bonds. The van der Waals surface area contributed by atoms with Crippen molar-refractivity contribution >= 4 is 17.5 Å². The molecule has 1 saturated heterocycles. The summed E-state index contributed by atoms with van der Waals surface area (Å²) < 4.78 is 17.6. The first-order valence-electron chi connectivity index (χ1n) is 8.50. The number of hydrogen-bond acceptors (Lipinski definition) is 4. The number of carbonyl (C=O) groups excluding carboxylic acids is 1.